The highest BCUT2D eigenvalue weighted by molar-refractivity contribution is 5.45. The Morgan fingerprint density at radius 2 is 1.88 bits per heavy atom. The number of likely N-dealkylation sites (tertiary alicyclic amines) is 1. The van der Waals surface area contributed by atoms with Crippen LogP contribution < -0.4 is 9.47 Å². The molecule has 3 rings (SSSR count). The predicted octanol–water partition coefficient (Wildman–Crippen LogP) is 4.92. The van der Waals surface area contributed by atoms with Gasteiger partial charge in [0.2, 0.25) is 0 Å². The Balaban J connectivity index is 1.84. The van der Waals surface area contributed by atoms with E-state index in [4.69, 9.17) is 9.47 Å². The van der Waals surface area contributed by atoms with E-state index in [0.29, 0.717) is 18.4 Å². The van der Waals surface area contributed by atoms with Crippen LogP contribution in [0.15, 0.2) is 42.5 Å². The number of hydrogen-bond donors (Lipinski definition) is 1. The van der Waals surface area contributed by atoms with Gasteiger partial charge in [-0.1, -0.05) is 37.1 Å². The lowest BCUT2D eigenvalue weighted by atomic mass is 10.00. The van der Waals surface area contributed by atoms with Crippen molar-refractivity contribution in [3.8, 4) is 17.2 Å². The second-order valence-corrected chi connectivity index (χ2v) is 6.81. The molecule has 0 aromatic heterocycles. The molecule has 2 aromatic rings. The van der Waals surface area contributed by atoms with E-state index in [2.05, 4.69) is 17.0 Å². The van der Waals surface area contributed by atoms with Crippen LogP contribution in [0.5, 0.6) is 17.2 Å². The molecule has 1 fully saturated rings. The lowest BCUT2D eigenvalue weighted by Gasteiger charge is -2.31. The van der Waals surface area contributed by atoms with Crippen molar-refractivity contribution in [1.82, 2.24) is 4.90 Å². The average Bonchev–Trinajstić information content (AvgIpc) is 2.91. The molecule has 4 heteroatoms. The first-order chi connectivity index (χ1) is 12.7. The third kappa shape index (κ3) is 4.31. The van der Waals surface area contributed by atoms with E-state index in [1.54, 1.807) is 7.11 Å². The summed E-state index contributed by atoms with van der Waals surface area (Å²) in [6.45, 7) is 4.24. The highest BCUT2D eigenvalue weighted by Crippen LogP contribution is 2.36. The van der Waals surface area contributed by atoms with Gasteiger partial charge in [0, 0.05) is 18.2 Å². The summed E-state index contributed by atoms with van der Waals surface area (Å²) >= 11 is 0. The molecule has 26 heavy (non-hydrogen) atoms. The van der Waals surface area contributed by atoms with Crippen molar-refractivity contribution in [2.75, 3.05) is 20.3 Å². The van der Waals surface area contributed by atoms with Crippen LogP contribution in [0.4, 0.5) is 0 Å². The fourth-order valence-corrected chi connectivity index (χ4v) is 3.75. The monoisotopic (exact) mass is 355 g/mol. The highest BCUT2D eigenvalue weighted by Gasteiger charge is 2.24. The van der Waals surface area contributed by atoms with Gasteiger partial charge < -0.3 is 14.6 Å². The number of rotatable bonds is 6. The molecule has 1 aliphatic rings. The summed E-state index contributed by atoms with van der Waals surface area (Å²) in [7, 11) is 1.70. The van der Waals surface area contributed by atoms with Crippen LogP contribution in [0.1, 0.15) is 49.8 Å². The normalized spacial score (nSPS) is 18.3. The van der Waals surface area contributed by atoms with Gasteiger partial charge in [-0.3, -0.25) is 4.90 Å². The van der Waals surface area contributed by atoms with Crippen LogP contribution in [-0.4, -0.2) is 30.3 Å². The van der Waals surface area contributed by atoms with Crippen molar-refractivity contribution in [3.05, 3.63) is 53.6 Å². The number of benzene rings is 2. The Kier molecular flexibility index (Phi) is 6.40. The Morgan fingerprint density at radius 1 is 1.08 bits per heavy atom. The molecule has 4 nitrogen and oxygen atoms in total. The first kappa shape index (κ1) is 18.6. The molecule has 1 heterocycles. The molecule has 0 spiro atoms. The molecule has 0 radical (unpaired) electrons. The van der Waals surface area contributed by atoms with Gasteiger partial charge in [-0.15, -0.1) is 0 Å². The van der Waals surface area contributed by atoms with Crippen LogP contribution in [-0.2, 0) is 6.54 Å². The molecule has 1 N–H and O–H groups in total. The zero-order valence-electron chi connectivity index (χ0n) is 15.8. The molecule has 1 saturated heterocycles. The van der Waals surface area contributed by atoms with Gasteiger partial charge in [0.25, 0.3) is 0 Å². The van der Waals surface area contributed by atoms with Crippen molar-refractivity contribution in [2.45, 2.75) is 45.2 Å². The number of phenols is 1. The fourth-order valence-electron chi connectivity index (χ4n) is 3.75. The lowest BCUT2D eigenvalue weighted by molar-refractivity contribution is 0.189. The number of ether oxygens (including phenoxy) is 2. The number of nitrogens with zero attached hydrogens (tertiary/aromatic N) is 1. The van der Waals surface area contributed by atoms with Crippen LogP contribution in [0.2, 0.25) is 0 Å². The van der Waals surface area contributed by atoms with E-state index in [9.17, 15) is 5.11 Å². The molecule has 2 aromatic carbocycles. The second-order valence-electron chi connectivity index (χ2n) is 6.81. The first-order valence-corrected chi connectivity index (χ1v) is 9.54. The number of hydrogen-bond acceptors (Lipinski definition) is 4. The highest BCUT2D eigenvalue weighted by atomic mass is 16.5. The molecule has 1 aliphatic heterocycles. The summed E-state index contributed by atoms with van der Waals surface area (Å²) in [5.41, 5.74) is 2.24. The van der Waals surface area contributed by atoms with Crippen LogP contribution in [0.25, 0.3) is 0 Å². The maximum Gasteiger partial charge on any atom is 0.162 e. The van der Waals surface area contributed by atoms with Gasteiger partial charge >= 0.3 is 0 Å². The fraction of sp³-hybridized carbons (Fsp3) is 0.455. The van der Waals surface area contributed by atoms with E-state index in [-0.39, 0.29) is 5.75 Å². The van der Waals surface area contributed by atoms with Gasteiger partial charge in [0.1, 0.15) is 5.75 Å². The van der Waals surface area contributed by atoms with E-state index >= 15 is 0 Å². The molecule has 1 atom stereocenters. The van der Waals surface area contributed by atoms with Crippen LogP contribution in [0, 0.1) is 0 Å². The second kappa shape index (κ2) is 8.95. The number of aromatic hydroxyl groups is 1. The summed E-state index contributed by atoms with van der Waals surface area (Å²) in [6, 6.07) is 14.5. The molecule has 140 valence electrons. The van der Waals surface area contributed by atoms with Gasteiger partial charge in [0.05, 0.1) is 13.7 Å². The summed E-state index contributed by atoms with van der Waals surface area (Å²) in [6.07, 6.45) is 4.82. The molecular formula is C22H29NO3. The SMILES string of the molecule is CCOc1cccc(CN2CCCCCC2c2ccc(OC)cc2)c1O. The van der Waals surface area contributed by atoms with E-state index in [1.165, 1.54) is 24.8 Å². The maximum atomic E-state index is 10.6. The van der Waals surface area contributed by atoms with Crippen molar-refractivity contribution in [3.63, 3.8) is 0 Å². The predicted molar refractivity (Wildman–Crippen MR) is 104 cm³/mol. The summed E-state index contributed by atoms with van der Waals surface area (Å²) in [5, 5.41) is 10.6. The minimum Gasteiger partial charge on any atom is -0.504 e. The van der Waals surface area contributed by atoms with Crippen molar-refractivity contribution < 1.29 is 14.6 Å². The smallest absolute Gasteiger partial charge is 0.162 e. The number of methoxy groups -OCH3 is 1. The first-order valence-electron chi connectivity index (χ1n) is 9.54. The molecular weight excluding hydrogens is 326 g/mol. The van der Waals surface area contributed by atoms with Crippen molar-refractivity contribution >= 4 is 0 Å². The van der Waals surface area contributed by atoms with Gasteiger partial charge in [0.15, 0.2) is 11.5 Å². The minimum absolute atomic E-state index is 0.270. The minimum atomic E-state index is 0.270. The molecule has 0 bridgehead atoms. The zero-order chi connectivity index (χ0) is 18.4. The van der Waals surface area contributed by atoms with Crippen molar-refractivity contribution in [2.24, 2.45) is 0 Å². The third-order valence-electron chi connectivity index (χ3n) is 5.12. The Morgan fingerprint density at radius 3 is 2.62 bits per heavy atom. The Labute approximate surface area is 156 Å². The van der Waals surface area contributed by atoms with E-state index in [0.717, 1.165) is 30.8 Å². The summed E-state index contributed by atoms with van der Waals surface area (Å²) in [5.74, 6) is 1.73. The Hall–Kier alpha value is -2.20. The van der Waals surface area contributed by atoms with Crippen LogP contribution >= 0.6 is 0 Å². The standard InChI is InChI=1S/C22H29NO3/c1-3-26-21-10-7-8-18(22(21)24)16-23-15-6-4-5-9-20(23)17-11-13-19(25-2)14-12-17/h7-8,10-14,20,24H,3-6,9,15-16H2,1-2H3. The molecule has 0 aliphatic carbocycles. The quantitative estimate of drug-likeness (QED) is 0.799. The van der Waals surface area contributed by atoms with Gasteiger partial charge in [-0.2, -0.15) is 0 Å². The summed E-state index contributed by atoms with van der Waals surface area (Å²) < 4.78 is 10.8. The number of phenolic OH excluding ortho intramolecular Hbond substituents is 1. The largest absolute Gasteiger partial charge is 0.504 e. The average molecular weight is 355 g/mol. The number of para-hydroxylation sites is 1. The molecule has 0 amide bonds. The zero-order valence-corrected chi connectivity index (χ0v) is 15.8. The molecule has 1 unspecified atom stereocenters. The van der Waals surface area contributed by atoms with E-state index in [1.807, 2.05) is 37.3 Å². The molecule has 0 saturated carbocycles. The van der Waals surface area contributed by atoms with E-state index < -0.39 is 0 Å². The van der Waals surface area contributed by atoms with Crippen LogP contribution in [0.3, 0.4) is 0 Å². The topological polar surface area (TPSA) is 41.9 Å². The summed E-state index contributed by atoms with van der Waals surface area (Å²) in [4.78, 5) is 2.49. The Bertz CT molecular complexity index is 699. The third-order valence-corrected chi connectivity index (χ3v) is 5.12. The lowest BCUT2D eigenvalue weighted by Crippen LogP contribution is -2.28. The maximum absolute atomic E-state index is 10.6. The van der Waals surface area contributed by atoms with Gasteiger partial charge in [-0.25, -0.2) is 0 Å². The van der Waals surface area contributed by atoms with Gasteiger partial charge in [-0.05, 0) is 50.1 Å². The van der Waals surface area contributed by atoms with Crippen molar-refractivity contribution in [1.29, 1.82) is 0 Å².